The van der Waals surface area contributed by atoms with Gasteiger partial charge in [0.1, 0.15) is 24.6 Å². The van der Waals surface area contributed by atoms with Crippen molar-refractivity contribution in [2.75, 3.05) is 25.5 Å². The van der Waals surface area contributed by atoms with Gasteiger partial charge in [-0.2, -0.15) is 0 Å². The molecule has 10 nitrogen and oxygen atoms in total. The Kier molecular flexibility index (Phi) is 6.20. The van der Waals surface area contributed by atoms with Gasteiger partial charge in [-0.1, -0.05) is 24.1 Å². The summed E-state index contributed by atoms with van der Waals surface area (Å²) in [6.07, 6.45) is 5.39. The van der Waals surface area contributed by atoms with Gasteiger partial charge in [-0.15, -0.1) is 6.42 Å². The van der Waals surface area contributed by atoms with Crippen LogP contribution in [0.1, 0.15) is 16.6 Å². The number of nitrogens with zero attached hydrogens (tertiary/aromatic N) is 4. The van der Waals surface area contributed by atoms with E-state index in [4.69, 9.17) is 15.9 Å². The molecule has 1 aliphatic rings. The molecule has 1 fully saturated rings. The summed E-state index contributed by atoms with van der Waals surface area (Å²) in [4.78, 5) is 25.4. The molecule has 0 aliphatic carbocycles. The minimum atomic E-state index is -0.878. The molecule has 1 saturated heterocycles. The molecule has 0 saturated carbocycles. The summed E-state index contributed by atoms with van der Waals surface area (Å²) in [5.41, 5.74) is 1.33. The van der Waals surface area contributed by atoms with Crippen LogP contribution in [0.4, 0.5) is 5.82 Å². The molecule has 0 radical (unpaired) electrons. The number of methoxy groups -OCH3 is 1. The van der Waals surface area contributed by atoms with E-state index in [1.807, 2.05) is 6.07 Å². The first kappa shape index (κ1) is 20.9. The maximum atomic E-state index is 12.5. The standard InChI is InChI=1S/C21H22N6O4/c1-3-9-22-10-14-16(28)17(30-2)21(31-14)27-12-25-15-18(23-11-24-19(15)27)26-20(29)13-7-5-4-6-8-13/h1,4-8,11-12,14,16-17,21-22,28H,9-10H2,2H3,(H,23,24,26,29)/t14-,16-,17-,21-/m1/s1. The second-order valence-electron chi connectivity index (χ2n) is 6.96. The summed E-state index contributed by atoms with van der Waals surface area (Å²) in [7, 11) is 1.50. The highest BCUT2D eigenvalue weighted by Crippen LogP contribution is 2.33. The van der Waals surface area contributed by atoms with Gasteiger partial charge in [0.15, 0.2) is 23.2 Å². The fraction of sp³-hybridized carbons (Fsp3) is 0.333. The quantitative estimate of drug-likeness (QED) is 0.373. The van der Waals surface area contributed by atoms with Gasteiger partial charge in [0, 0.05) is 19.2 Å². The molecular formula is C21H22N6O4. The van der Waals surface area contributed by atoms with Crippen LogP contribution in [0, 0.1) is 12.3 Å². The Labute approximate surface area is 178 Å². The predicted molar refractivity (Wildman–Crippen MR) is 112 cm³/mol. The van der Waals surface area contributed by atoms with Crippen molar-refractivity contribution in [2.24, 2.45) is 0 Å². The average molecular weight is 422 g/mol. The number of benzene rings is 1. The number of anilines is 1. The number of terminal acetylenes is 1. The molecule has 0 unspecified atom stereocenters. The molecule has 4 rings (SSSR count). The topological polar surface area (TPSA) is 123 Å². The number of fused-ring (bicyclic) bond motifs is 1. The van der Waals surface area contributed by atoms with E-state index in [1.54, 1.807) is 28.8 Å². The molecule has 31 heavy (non-hydrogen) atoms. The van der Waals surface area contributed by atoms with Gasteiger partial charge in [-0.3, -0.25) is 9.36 Å². The van der Waals surface area contributed by atoms with Crippen LogP contribution >= 0.6 is 0 Å². The maximum absolute atomic E-state index is 12.5. The zero-order valence-electron chi connectivity index (χ0n) is 16.8. The lowest BCUT2D eigenvalue weighted by molar-refractivity contribution is -0.0489. The minimum absolute atomic E-state index is 0.275. The van der Waals surface area contributed by atoms with Crippen LogP contribution in [-0.4, -0.2) is 69.0 Å². The molecule has 2 aromatic heterocycles. The van der Waals surface area contributed by atoms with Crippen LogP contribution in [-0.2, 0) is 9.47 Å². The largest absolute Gasteiger partial charge is 0.387 e. The number of ether oxygens (including phenoxy) is 2. The monoisotopic (exact) mass is 422 g/mol. The number of carbonyl (C=O) groups excluding carboxylic acids is 1. The van der Waals surface area contributed by atoms with E-state index >= 15 is 0 Å². The maximum Gasteiger partial charge on any atom is 0.256 e. The number of hydrogen-bond acceptors (Lipinski definition) is 8. The van der Waals surface area contributed by atoms with E-state index < -0.39 is 24.5 Å². The molecule has 160 valence electrons. The Balaban J connectivity index is 1.60. The number of aliphatic hydroxyl groups is 1. The highest BCUT2D eigenvalue weighted by Gasteiger charge is 2.45. The van der Waals surface area contributed by atoms with Crippen LogP contribution in [0.3, 0.4) is 0 Å². The summed E-state index contributed by atoms with van der Waals surface area (Å²) in [6.45, 7) is 0.725. The first-order chi connectivity index (χ1) is 15.1. The lowest BCUT2D eigenvalue weighted by atomic mass is 10.1. The number of nitrogens with one attached hydrogen (secondary N) is 2. The fourth-order valence-electron chi connectivity index (χ4n) is 3.55. The summed E-state index contributed by atoms with van der Waals surface area (Å²) in [6, 6.07) is 8.80. The number of rotatable bonds is 7. The fourth-order valence-corrected chi connectivity index (χ4v) is 3.55. The van der Waals surface area contributed by atoms with Gasteiger partial charge in [-0.05, 0) is 12.1 Å². The highest BCUT2D eigenvalue weighted by molar-refractivity contribution is 6.06. The molecule has 3 aromatic rings. The van der Waals surface area contributed by atoms with Gasteiger partial charge in [0.05, 0.1) is 12.9 Å². The summed E-state index contributed by atoms with van der Waals surface area (Å²) < 4.78 is 13.2. The summed E-state index contributed by atoms with van der Waals surface area (Å²) >= 11 is 0. The number of hydrogen-bond donors (Lipinski definition) is 3. The van der Waals surface area contributed by atoms with Crippen LogP contribution in [0.25, 0.3) is 11.2 Å². The van der Waals surface area contributed by atoms with E-state index in [1.165, 1.54) is 19.8 Å². The van der Waals surface area contributed by atoms with Crippen LogP contribution in [0.5, 0.6) is 0 Å². The molecular weight excluding hydrogens is 400 g/mol. The lowest BCUT2D eigenvalue weighted by Crippen LogP contribution is -2.38. The number of amides is 1. The molecule has 1 aliphatic heterocycles. The highest BCUT2D eigenvalue weighted by atomic mass is 16.6. The van der Waals surface area contributed by atoms with Gasteiger partial charge in [0.2, 0.25) is 0 Å². The van der Waals surface area contributed by atoms with Crippen molar-refractivity contribution >= 4 is 22.9 Å². The van der Waals surface area contributed by atoms with Crippen molar-refractivity contribution in [1.29, 1.82) is 0 Å². The first-order valence-corrected chi connectivity index (χ1v) is 9.68. The van der Waals surface area contributed by atoms with Gasteiger partial charge >= 0.3 is 0 Å². The smallest absolute Gasteiger partial charge is 0.256 e. The van der Waals surface area contributed by atoms with Crippen LogP contribution < -0.4 is 10.6 Å². The number of carbonyl (C=O) groups is 1. The third-order valence-electron chi connectivity index (χ3n) is 5.06. The van der Waals surface area contributed by atoms with Crippen molar-refractivity contribution in [2.45, 2.75) is 24.5 Å². The third kappa shape index (κ3) is 4.12. The molecule has 0 bridgehead atoms. The molecule has 0 spiro atoms. The summed E-state index contributed by atoms with van der Waals surface area (Å²) in [5.74, 6) is 2.45. The van der Waals surface area contributed by atoms with Gasteiger partial charge in [0.25, 0.3) is 5.91 Å². The molecule has 3 heterocycles. The average Bonchev–Trinajstić information content (AvgIpc) is 3.36. The Morgan fingerprint density at radius 1 is 1.32 bits per heavy atom. The van der Waals surface area contributed by atoms with E-state index in [0.717, 1.165) is 0 Å². The van der Waals surface area contributed by atoms with Crippen LogP contribution in [0.15, 0.2) is 43.0 Å². The molecule has 4 atom stereocenters. The Bertz CT molecular complexity index is 1100. The van der Waals surface area contributed by atoms with Crippen molar-refractivity contribution < 1.29 is 19.4 Å². The molecule has 10 heteroatoms. The Morgan fingerprint density at radius 2 is 2.13 bits per heavy atom. The SMILES string of the molecule is C#CCNC[C@H]1O[C@@H](n2cnc3c(NC(=O)c4ccccc4)ncnc32)[C@H](OC)[C@@H]1O. The minimum Gasteiger partial charge on any atom is -0.387 e. The van der Waals surface area contributed by atoms with E-state index in [0.29, 0.717) is 29.8 Å². The van der Waals surface area contributed by atoms with Crippen molar-refractivity contribution in [1.82, 2.24) is 24.8 Å². The molecule has 1 aromatic carbocycles. The Morgan fingerprint density at radius 3 is 2.87 bits per heavy atom. The number of imidazole rings is 1. The lowest BCUT2D eigenvalue weighted by Gasteiger charge is -2.19. The van der Waals surface area contributed by atoms with Gasteiger partial charge in [-0.25, -0.2) is 15.0 Å². The second kappa shape index (κ2) is 9.20. The van der Waals surface area contributed by atoms with E-state index in [2.05, 4.69) is 31.5 Å². The second-order valence-corrected chi connectivity index (χ2v) is 6.96. The van der Waals surface area contributed by atoms with Crippen molar-refractivity contribution in [3.8, 4) is 12.3 Å². The zero-order valence-corrected chi connectivity index (χ0v) is 16.8. The number of aromatic nitrogens is 4. The normalized spacial score (nSPS) is 23.0. The summed E-state index contributed by atoms with van der Waals surface area (Å²) in [5, 5.41) is 16.4. The van der Waals surface area contributed by atoms with Crippen molar-refractivity contribution in [3.63, 3.8) is 0 Å². The van der Waals surface area contributed by atoms with Gasteiger partial charge < -0.3 is 25.2 Å². The Hall–Kier alpha value is -3.36. The predicted octanol–water partition coefficient (Wildman–Crippen LogP) is 0.575. The number of aliphatic hydroxyl groups excluding tert-OH is 1. The third-order valence-corrected chi connectivity index (χ3v) is 5.06. The zero-order chi connectivity index (χ0) is 21.8. The van der Waals surface area contributed by atoms with Crippen molar-refractivity contribution in [3.05, 3.63) is 48.5 Å². The van der Waals surface area contributed by atoms with Crippen LogP contribution in [0.2, 0.25) is 0 Å². The molecule has 1 amide bonds. The van der Waals surface area contributed by atoms with E-state index in [9.17, 15) is 9.90 Å². The van der Waals surface area contributed by atoms with E-state index in [-0.39, 0.29) is 11.7 Å². The first-order valence-electron chi connectivity index (χ1n) is 9.68. The molecule has 3 N–H and O–H groups in total.